The molecule has 0 N–H and O–H groups in total. The van der Waals surface area contributed by atoms with Gasteiger partial charge in [-0.2, -0.15) is 0 Å². The molecule has 1 saturated heterocycles. The number of rotatable bonds is 6. The Labute approximate surface area is 162 Å². The number of imide groups is 1. The highest BCUT2D eigenvalue weighted by Gasteiger charge is 2.42. The van der Waals surface area contributed by atoms with E-state index in [1.165, 1.54) is 0 Å². The lowest BCUT2D eigenvalue weighted by molar-refractivity contribution is -0.131. The maximum Gasteiger partial charge on any atom is 0.417 e. The highest BCUT2D eigenvalue weighted by Crippen LogP contribution is 2.32. The van der Waals surface area contributed by atoms with Gasteiger partial charge in [-0.05, 0) is 34.7 Å². The molecule has 8 heteroatoms. The lowest BCUT2D eigenvalue weighted by Gasteiger charge is -2.26. The molecule has 0 saturated carbocycles. The summed E-state index contributed by atoms with van der Waals surface area (Å²) in [5.41, 5.74) is 10.6. The van der Waals surface area contributed by atoms with Crippen LogP contribution in [0.2, 0.25) is 0 Å². The van der Waals surface area contributed by atoms with Crippen LogP contribution in [-0.4, -0.2) is 36.7 Å². The van der Waals surface area contributed by atoms with Crippen LogP contribution in [0.3, 0.4) is 0 Å². The maximum atomic E-state index is 13.2. The van der Waals surface area contributed by atoms with E-state index in [0.717, 1.165) is 16.0 Å². The van der Waals surface area contributed by atoms with Crippen LogP contribution in [0.4, 0.5) is 4.79 Å². The standard InChI is InChI=1S/C20H20N4O4/c1-13(14-8-10-16(27-2)11-9-14)18(22-23-21)19(25)24-17(12-28-20(24)26)15-6-4-3-5-7-15/h3-11,13,17-18H,12H2,1-2H3/t13-,17+,18-/m1/s1. The molecule has 28 heavy (non-hydrogen) atoms. The Kier molecular flexibility index (Phi) is 5.81. The number of nitrogens with zero attached hydrogens (tertiary/aromatic N) is 4. The fraction of sp³-hybridized carbons (Fsp3) is 0.300. The molecule has 0 spiro atoms. The summed E-state index contributed by atoms with van der Waals surface area (Å²) in [7, 11) is 1.56. The van der Waals surface area contributed by atoms with Gasteiger partial charge in [0.05, 0.1) is 7.11 Å². The molecule has 3 rings (SSSR count). The molecular weight excluding hydrogens is 360 g/mol. The molecule has 3 atom stereocenters. The van der Waals surface area contributed by atoms with Crippen LogP contribution in [-0.2, 0) is 9.53 Å². The van der Waals surface area contributed by atoms with Gasteiger partial charge in [0.1, 0.15) is 24.4 Å². The number of hydrogen-bond donors (Lipinski definition) is 0. The number of carbonyl (C=O) groups is 2. The number of cyclic esters (lactones) is 1. The molecular formula is C20H20N4O4. The predicted octanol–water partition coefficient (Wildman–Crippen LogP) is 4.20. The first-order chi connectivity index (χ1) is 13.6. The third-order valence-electron chi connectivity index (χ3n) is 4.84. The van der Waals surface area contributed by atoms with Gasteiger partial charge in [0.25, 0.3) is 0 Å². The Morgan fingerprint density at radius 2 is 1.93 bits per heavy atom. The van der Waals surface area contributed by atoms with Gasteiger partial charge in [-0.25, -0.2) is 9.69 Å². The van der Waals surface area contributed by atoms with Crippen molar-refractivity contribution in [3.63, 3.8) is 0 Å². The molecule has 1 fully saturated rings. The Morgan fingerprint density at radius 1 is 1.25 bits per heavy atom. The van der Waals surface area contributed by atoms with Gasteiger partial charge in [-0.1, -0.05) is 54.5 Å². The molecule has 0 radical (unpaired) electrons. The van der Waals surface area contributed by atoms with E-state index in [1.54, 1.807) is 38.3 Å². The zero-order valence-electron chi connectivity index (χ0n) is 15.6. The number of azide groups is 1. The summed E-state index contributed by atoms with van der Waals surface area (Å²) in [6, 6.07) is 14.6. The van der Waals surface area contributed by atoms with Crippen molar-refractivity contribution >= 4 is 12.0 Å². The second kappa shape index (κ2) is 8.45. The summed E-state index contributed by atoms with van der Waals surface area (Å²) >= 11 is 0. The first-order valence-electron chi connectivity index (χ1n) is 8.79. The van der Waals surface area contributed by atoms with E-state index in [0.29, 0.717) is 5.75 Å². The second-order valence-electron chi connectivity index (χ2n) is 6.42. The fourth-order valence-corrected chi connectivity index (χ4v) is 3.24. The summed E-state index contributed by atoms with van der Waals surface area (Å²) in [5.74, 6) is -0.355. The highest BCUT2D eigenvalue weighted by atomic mass is 16.6. The lowest BCUT2D eigenvalue weighted by Crippen LogP contribution is -2.42. The molecule has 1 aliphatic heterocycles. The molecule has 0 bridgehead atoms. The van der Waals surface area contributed by atoms with Crippen molar-refractivity contribution in [2.24, 2.45) is 5.11 Å². The van der Waals surface area contributed by atoms with Crippen LogP contribution in [0.15, 0.2) is 59.7 Å². The Bertz CT molecular complexity index is 894. The minimum atomic E-state index is -1.09. The minimum absolute atomic E-state index is 0.0640. The van der Waals surface area contributed by atoms with Crippen molar-refractivity contribution in [1.82, 2.24) is 4.90 Å². The van der Waals surface area contributed by atoms with Crippen molar-refractivity contribution in [3.8, 4) is 5.75 Å². The van der Waals surface area contributed by atoms with E-state index in [1.807, 2.05) is 30.3 Å². The van der Waals surface area contributed by atoms with Crippen LogP contribution in [0.1, 0.15) is 30.0 Å². The SMILES string of the molecule is COc1ccc([C@@H](C)[C@@H](N=[N+]=[N-])C(=O)N2C(=O)OC[C@H]2c2ccccc2)cc1. The number of benzene rings is 2. The van der Waals surface area contributed by atoms with Gasteiger partial charge >= 0.3 is 6.09 Å². The van der Waals surface area contributed by atoms with Gasteiger partial charge in [0, 0.05) is 4.91 Å². The monoisotopic (exact) mass is 380 g/mol. The van der Waals surface area contributed by atoms with Crippen LogP contribution in [0.25, 0.3) is 10.4 Å². The van der Waals surface area contributed by atoms with Gasteiger partial charge in [-0.15, -0.1) is 0 Å². The number of methoxy groups -OCH3 is 1. The summed E-state index contributed by atoms with van der Waals surface area (Å²) in [4.78, 5) is 29.4. The van der Waals surface area contributed by atoms with Gasteiger partial charge in [-0.3, -0.25) is 4.79 Å². The topological polar surface area (TPSA) is 105 Å². The van der Waals surface area contributed by atoms with E-state index < -0.39 is 30.0 Å². The molecule has 1 aliphatic rings. The summed E-state index contributed by atoms with van der Waals surface area (Å²) in [5, 5.41) is 3.70. The highest BCUT2D eigenvalue weighted by molar-refractivity contribution is 5.97. The zero-order valence-corrected chi connectivity index (χ0v) is 15.6. The Morgan fingerprint density at radius 3 is 2.54 bits per heavy atom. The smallest absolute Gasteiger partial charge is 0.417 e. The van der Waals surface area contributed by atoms with Gasteiger partial charge in [0.2, 0.25) is 5.91 Å². The summed E-state index contributed by atoms with van der Waals surface area (Å²) in [6.07, 6.45) is -0.737. The third kappa shape index (κ3) is 3.77. The summed E-state index contributed by atoms with van der Waals surface area (Å²) in [6.45, 7) is 1.84. The average Bonchev–Trinajstić information content (AvgIpc) is 3.13. The third-order valence-corrected chi connectivity index (χ3v) is 4.84. The second-order valence-corrected chi connectivity index (χ2v) is 6.42. The normalized spacial score (nSPS) is 18.0. The van der Waals surface area contributed by atoms with Crippen molar-refractivity contribution < 1.29 is 19.1 Å². The lowest BCUT2D eigenvalue weighted by atomic mass is 9.92. The van der Waals surface area contributed by atoms with Gasteiger partial charge in [0.15, 0.2) is 0 Å². The van der Waals surface area contributed by atoms with Crippen LogP contribution >= 0.6 is 0 Å². The number of amides is 2. The fourth-order valence-electron chi connectivity index (χ4n) is 3.24. The maximum absolute atomic E-state index is 13.2. The quantitative estimate of drug-likeness (QED) is 0.425. The molecule has 0 aromatic heterocycles. The Balaban J connectivity index is 1.90. The van der Waals surface area contributed by atoms with E-state index in [4.69, 9.17) is 15.0 Å². The van der Waals surface area contributed by atoms with Crippen molar-refractivity contribution in [1.29, 1.82) is 0 Å². The van der Waals surface area contributed by atoms with Crippen LogP contribution < -0.4 is 4.74 Å². The van der Waals surface area contributed by atoms with Crippen LogP contribution in [0.5, 0.6) is 5.75 Å². The Hall–Kier alpha value is -3.51. The number of hydrogen-bond acceptors (Lipinski definition) is 5. The number of carbonyl (C=O) groups excluding carboxylic acids is 2. The van der Waals surface area contributed by atoms with E-state index in [9.17, 15) is 9.59 Å². The molecule has 2 aromatic rings. The molecule has 144 valence electrons. The summed E-state index contributed by atoms with van der Waals surface area (Å²) < 4.78 is 10.3. The zero-order chi connectivity index (χ0) is 20.1. The first kappa shape index (κ1) is 19.3. The molecule has 0 unspecified atom stereocenters. The van der Waals surface area contributed by atoms with Crippen molar-refractivity contribution in [2.75, 3.05) is 13.7 Å². The number of ether oxygens (including phenoxy) is 2. The molecule has 1 heterocycles. The van der Waals surface area contributed by atoms with Crippen molar-refractivity contribution in [3.05, 3.63) is 76.2 Å². The molecule has 8 nitrogen and oxygen atoms in total. The first-order valence-corrected chi connectivity index (χ1v) is 8.79. The van der Waals surface area contributed by atoms with E-state index >= 15 is 0 Å². The van der Waals surface area contributed by atoms with Crippen LogP contribution in [0, 0.1) is 0 Å². The van der Waals surface area contributed by atoms with E-state index in [-0.39, 0.29) is 6.61 Å². The average molecular weight is 380 g/mol. The molecule has 2 aromatic carbocycles. The molecule has 0 aliphatic carbocycles. The predicted molar refractivity (Wildman–Crippen MR) is 102 cm³/mol. The van der Waals surface area contributed by atoms with Gasteiger partial charge < -0.3 is 9.47 Å². The molecule has 2 amide bonds. The largest absolute Gasteiger partial charge is 0.497 e. The minimum Gasteiger partial charge on any atom is -0.497 e. The van der Waals surface area contributed by atoms with E-state index in [2.05, 4.69) is 10.0 Å². The van der Waals surface area contributed by atoms with Crippen molar-refractivity contribution in [2.45, 2.75) is 24.9 Å².